The molecule has 0 radical (unpaired) electrons. The maximum absolute atomic E-state index is 13.7. The molecular weight excluding hydrogens is 445 g/mol. The van der Waals surface area contributed by atoms with Gasteiger partial charge in [-0.25, -0.2) is 4.98 Å². The molecule has 2 aromatic heterocycles. The number of aromatic nitrogens is 2. The second kappa shape index (κ2) is 7.66. The normalized spacial score (nSPS) is 20.9. The van der Waals surface area contributed by atoms with Gasteiger partial charge in [-0.3, -0.25) is 9.78 Å². The monoisotopic (exact) mass is 470 g/mol. The third-order valence-electron chi connectivity index (χ3n) is 6.88. The van der Waals surface area contributed by atoms with E-state index in [0.717, 1.165) is 35.2 Å². The molecule has 0 bridgehead atoms. The maximum Gasteiger partial charge on any atom is 0.417 e. The SMILES string of the molecule is CC1OCc2c1c(N)nc1ccc(C(=O)N(Cc3ccc(C(F)(F)F)cn3)C3CC3(C)C)cc21. The van der Waals surface area contributed by atoms with Crippen molar-refractivity contribution < 1.29 is 22.7 Å². The van der Waals surface area contributed by atoms with Crippen LogP contribution in [0.5, 0.6) is 0 Å². The summed E-state index contributed by atoms with van der Waals surface area (Å²) in [5.74, 6) is 0.234. The first-order valence-corrected chi connectivity index (χ1v) is 11.1. The second-order valence-corrected chi connectivity index (χ2v) is 9.75. The Balaban J connectivity index is 1.49. The quantitative estimate of drug-likeness (QED) is 0.562. The van der Waals surface area contributed by atoms with Gasteiger partial charge in [-0.2, -0.15) is 13.2 Å². The summed E-state index contributed by atoms with van der Waals surface area (Å²) in [5, 5.41) is 0.821. The Morgan fingerprint density at radius 3 is 2.62 bits per heavy atom. The Kier molecular flexibility index (Phi) is 5.09. The van der Waals surface area contributed by atoms with Crippen molar-refractivity contribution in [3.05, 3.63) is 64.5 Å². The molecule has 2 aliphatic rings. The van der Waals surface area contributed by atoms with Crippen molar-refractivity contribution in [1.82, 2.24) is 14.9 Å². The van der Waals surface area contributed by atoms with Gasteiger partial charge in [0.05, 0.1) is 36.0 Å². The zero-order valence-corrected chi connectivity index (χ0v) is 19.1. The largest absolute Gasteiger partial charge is 0.417 e. The second-order valence-electron chi connectivity index (χ2n) is 9.75. The van der Waals surface area contributed by atoms with Gasteiger partial charge in [0.2, 0.25) is 0 Å². The number of amides is 1. The number of benzene rings is 1. The van der Waals surface area contributed by atoms with E-state index in [1.165, 1.54) is 6.07 Å². The summed E-state index contributed by atoms with van der Waals surface area (Å²) >= 11 is 0. The van der Waals surface area contributed by atoms with Gasteiger partial charge in [-0.1, -0.05) is 13.8 Å². The number of halogens is 3. The first-order chi connectivity index (χ1) is 16.0. The van der Waals surface area contributed by atoms with Crippen LogP contribution in [0.25, 0.3) is 10.9 Å². The molecule has 1 aliphatic heterocycles. The van der Waals surface area contributed by atoms with Crippen LogP contribution < -0.4 is 5.73 Å². The summed E-state index contributed by atoms with van der Waals surface area (Å²) in [4.78, 5) is 23.8. The van der Waals surface area contributed by atoms with Crippen LogP contribution in [0.3, 0.4) is 0 Å². The zero-order valence-electron chi connectivity index (χ0n) is 19.1. The number of ether oxygens (including phenoxy) is 1. The Morgan fingerprint density at radius 2 is 2.00 bits per heavy atom. The lowest BCUT2D eigenvalue weighted by atomic mass is 10.00. The molecule has 9 heteroatoms. The molecule has 3 heterocycles. The molecule has 1 amide bonds. The third kappa shape index (κ3) is 3.87. The van der Waals surface area contributed by atoms with Crippen molar-refractivity contribution in [2.24, 2.45) is 5.41 Å². The van der Waals surface area contributed by atoms with Crippen LogP contribution in [0.2, 0.25) is 0 Å². The summed E-state index contributed by atoms with van der Waals surface area (Å²) in [5.41, 5.74) is 8.61. The first kappa shape index (κ1) is 22.6. The number of anilines is 1. The minimum absolute atomic E-state index is 0.0293. The standard InChI is InChI=1S/C25H25F3N4O2/c1-13-21-18(12-34-13)17-8-14(4-7-19(17)31-22(21)29)23(33)32(20-9-24(20,2)3)11-16-6-5-15(10-30-16)25(26,27)28/h4-8,10,13,20H,9,11-12H2,1-3H3,(H2,29,31). The lowest BCUT2D eigenvalue weighted by molar-refractivity contribution is -0.137. The summed E-state index contributed by atoms with van der Waals surface area (Å²) in [6.07, 6.45) is -3.00. The molecular formula is C25H25F3N4O2. The van der Waals surface area contributed by atoms with Crippen LogP contribution in [0, 0.1) is 5.41 Å². The smallest absolute Gasteiger partial charge is 0.383 e. The molecule has 5 rings (SSSR count). The number of nitrogen functional groups attached to an aromatic ring is 1. The third-order valence-corrected chi connectivity index (χ3v) is 6.88. The van der Waals surface area contributed by atoms with Crippen LogP contribution in [-0.4, -0.2) is 26.8 Å². The Labute approximate surface area is 194 Å². The number of rotatable bonds is 4. The lowest BCUT2D eigenvalue weighted by Crippen LogP contribution is -2.35. The molecule has 1 aliphatic carbocycles. The number of nitrogens with two attached hydrogens (primary N) is 1. The van der Waals surface area contributed by atoms with Gasteiger partial charge in [0.1, 0.15) is 5.82 Å². The van der Waals surface area contributed by atoms with Crippen molar-refractivity contribution in [3.63, 3.8) is 0 Å². The average Bonchev–Trinajstić information content (AvgIpc) is 3.22. The Bertz CT molecular complexity index is 1290. The van der Waals surface area contributed by atoms with Crippen molar-refractivity contribution >= 4 is 22.6 Å². The molecule has 2 N–H and O–H groups in total. The highest BCUT2D eigenvalue weighted by Crippen LogP contribution is 2.49. The summed E-state index contributed by atoms with van der Waals surface area (Å²) in [6.45, 7) is 6.57. The van der Waals surface area contributed by atoms with E-state index in [0.29, 0.717) is 29.2 Å². The molecule has 1 saturated carbocycles. The molecule has 6 nitrogen and oxygen atoms in total. The van der Waals surface area contributed by atoms with Crippen molar-refractivity contribution in [2.75, 3.05) is 5.73 Å². The number of pyridine rings is 2. The highest BCUT2D eigenvalue weighted by Gasteiger charge is 2.51. The van der Waals surface area contributed by atoms with E-state index in [1.807, 2.05) is 13.0 Å². The van der Waals surface area contributed by atoms with Crippen molar-refractivity contribution in [1.29, 1.82) is 0 Å². The van der Waals surface area contributed by atoms with Crippen molar-refractivity contribution in [3.8, 4) is 0 Å². The van der Waals surface area contributed by atoms with E-state index >= 15 is 0 Å². The van der Waals surface area contributed by atoms with E-state index in [4.69, 9.17) is 10.5 Å². The number of nitrogens with zero attached hydrogens (tertiary/aromatic N) is 3. The molecule has 34 heavy (non-hydrogen) atoms. The topological polar surface area (TPSA) is 81.3 Å². The number of carbonyl (C=O) groups is 1. The molecule has 178 valence electrons. The van der Waals surface area contributed by atoms with Crippen LogP contribution in [0.15, 0.2) is 36.5 Å². The van der Waals surface area contributed by atoms with E-state index in [1.54, 1.807) is 17.0 Å². The van der Waals surface area contributed by atoms with Crippen LogP contribution in [-0.2, 0) is 24.1 Å². The summed E-state index contributed by atoms with van der Waals surface area (Å²) in [6, 6.07) is 7.60. The number of alkyl halides is 3. The van der Waals surface area contributed by atoms with E-state index < -0.39 is 11.7 Å². The van der Waals surface area contributed by atoms with Gasteiger partial charge in [-0.05, 0) is 54.7 Å². The minimum atomic E-state index is -4.45. The lowest BCUT2D eigenvalue weighted by Gasteiger charge is -2.25. The molecule has 0 spiro atoms. The minimum Gasteiger partial charge on any atom is -0.383 e. The summed E-state index contributed by atoms with van der Waals surface area (Å²) in [7, 11) is 0. The van der Waals surface area contributed by atoms with Gasteiger partial charge < -0.3 is 15.4 Å². The predicted molar refractivity (Wildman–Crippen MR) is 121 cm³/mol. The van der Waals surface area contributed by atoms with E-state index in [2.05, 4.69) is 23.8 Å². The summed E-state index contributed by atoms with van der Waals surface area (Å²) < 4.78 is 44.5. The molecule has 2 atom stereocenters. The number of fused-ring (bicyclic) bond motifs is 3. The fourth-order valence-corrected chi connectivity index (χ4v) is 4.72. The van der Waals surface area contributed by atoms with E-state index in [9.17, 15) is 18.0 Å². The molecule has 1 fully saturated rings. The predicted octanol–water partition coefficient (Wildman–Crippen LogP) is 5.26. The zero-order chi connectivity index (χ0) is 24.4. The first-order valence-electron chi connectivity index (χ1n) is 11.1. The average molecular weight is 470 g/mol. The molecule has 2 unspecified atom stereocenters. The number of carbonyl (C=O) groups excluding carboxylic acids is 1. The van der Waals surface area contributed by atoms with Gasteiger partial charge in [0, 0.05) is 28.8 Å². The Hall–Kier alpha value is -3.20. The van der Waals surface area contributed by atoms with Gasteiger partial charge >= 0.3 is 6.18 Å². The number of hydrogen-bond donors (Lipinski definition) is 1. The van der Waals surface area contributed by atoms with Crippen LogP contribution in [0.1, 0.15) is 66.0 Å². The maximum atomic E-state index is 13.7. The number of hydrogen-bond acceptors (Lipinski definition) is 5. The Morgan fingerprint density at radius 1 is 1.26 bits per heavy atom. The highest BCUT2D eigenvalue weighted by molar-refractivity contribution is 5.99. The van der Waals surface area contributed by atoms with Gasteiger partial charge in [-0.15, -0.1) is 0 Å². The molecule has 0 saturated heterocycles. The van der Waals surface area contributed by atoms with E-state index in [-0.39, 0.29) is 30.0 Å². The fraction of sp³-hybridized carbons (Fsp3) is 0.400. The van der Waals surface area contributed by atoms with Crippen LogP contribution in [0.4, 0.5) is 19.0 Å². The highest BCUT2D eigenvalue weighted by atomic mass is 19.4. The fourth-order valence-electron chi connectivity index (χ4n) is 4.72. The van der Waals surface area contributed by atoms with Crippen LogP contribution >= 0.6 is 0 Å². The van der Waals surface area contributed by atoms with Crippen molar-refractivity contribution in [2.45, 2.75) is 58.7 Å². The molecule has 3 aromatic rings. The van der Waals surface area contributed by atoms with Gasteiger partial charge in [0.25, 0.3) is 5.91 Å². The molecule has 1 aromatic carbocycles. The van der Waals surface area contributed by atoms with Gasteiger partial charge in [0.15, 0.2) is 0 Å².